The maximum Gasteiger partial charge on any atom is 0.348 e. The highest BCUT2D eigenvalue weighted by molar-refractivity contribution is 7.89. The van der Waals surface area contributed by atoms with E-state index in [4.69, 9.17) is 0 Å². The van der Waals surface area contributed by atoms with E-state index >= 15 is 0 Å². The molecule has 2 fully saturated rings. The van der Waals surface area contributed by atoms with Crippen LogP contribution in [0.1, 0.15) is 71.9 Å². The van der Waals surface area contributed by atoms with E-state index in [2.05, 4.69) is 20.3 Å². The molecule has 0 unspecified atom stereocenters. The summed E-state index contributed by atoms with van der Waals surface area (Å²) < 4.78 is 69.6. The maximum atomic E-state index is 14.5. The van der Waals surface area contributed by atoms with Gasteiger partial charge in [-0.3, -0.25) is 9.78 Å². The summed E-state index contributed by atoms with van der Waals surface area (Å²) >= 11 is 0. The average Bonchev–Trinajstić information content (AvgIpc) is 3.60. The van der Waals surface area contributed by atoms with Crippen LogP contribution in [0, 0.1) is 11.2 Å². The number of hydrogen-bond acceptors (Lipinski definition) is 7. The molecule has 7 rings (SSSR count). The Morgan fingerprint density at radius 2 is 1.82 bits per heavy atom. The number of hydrogen-bond donors (Lipinski definition) is 0. The van der Waals surface area contributed by atoms with Crippen molar-refractivity contribution in [1.29, 1.82) is 0 Å². The lowest BCUT2D eigenvalue weighted by atomic mass is 9.60. The van der Waals surface area contributed by atoms with Gasteiger partial charge < -0.3 is 0 Å². The molecule has 44 heavy (non-hydrogen) atoms. The SMILES string of the molecule is CN([C@H]1CCC2=Cc3c(cnn3-c3ccc(F)cc3)C[C@]2(C(=O)c2ccc(C3CC3)cn2)C1)S(=O)(=O)c1cnn(C(F)F)n1. The van der Waals surface area contributed by atoms with Crippen LogP contribution in [0.2, 0.25) is 0 Å². The highest BCUT2D eigenvalue weighted by atomic mass is 32.2. The second kappa shape index (κ2) is 10.5. The molecule has 228 valence electrons. The quantitative estimate of drug-likeness (QED) is 0.255. The molecule has 2 atom stereocenters. The lowest BCUT2D eigenvalue weighted by Crippen LogP contribution is -2.49. The highest BCUT2D eigenvalue weighted by Crippen LogP contribution is 2.51. The Balaban J connectivity index is 1.27. The fraction of sp³-hybridized carbons (Fsp3) is 0.367. The molecule has 0 aliphatic heterocycles. The molecule has 1 aromatic carbocycles. The van der Waals surface area contributed by atoms with Crippen LogP contribution in [0.4, 0.5) is 13.2 Å². The third-order valence-corrected chi connectivity index (χ3v) is 10.8. The van der Waals surface area contributed by atoms with Gasteiger partial charge in [-0.25, -0.2) is 17.5 Å². The standard InChI is InChI=1S/C30H28F3N7O3S/c1-38(44(42,43)27-17-36-40(37-27)29(32)33)24-8-5-21-12-26-20(16-35-39(26)23-9-6-22(31)7-10-23)13-30(21,14-24)28(41)25-11-4-19(15-34-25)18-2-3-18/h4,6-7,9-12,15-18,24,29H,2-3,5,8,13-14H2,1H3/t24-,30-/m0/s1. The first-order valence-electron chi connectivity index (χ1n) is 14.3. The number of fused-ring (bicyclic) bond motifs is 2. The first-order chi connectivity index (χ1) is 21.1. The molecule has 14 heteroatoms. The van der Waals surface area contributed by atoms with Crippen molar-refractivity contribution in [3.8, 4) is 5.69 Å². The number of alkyl halides is 2. The minimum absolute atomic E-state index is 0.0475. The van der Waals surface area contributed by atoms with Crippen LogP contribution >= 0.6 is 0 Å². The summed E-state index contributed by atoms with van der Waals surface area (Å²) in [4.78, 5) is 19.1. The summed E-state index contributed by atoms with van der Waals surface area (Å²) in [5.74, 6) is -0.117. The number of nitrogens with zero attached hydrogens (tertiary/aromatic N) is 7. The lowest BCUT2D eigenvalue weighted by molar-refractivity contribution is 0.0402. The minimum atomic E-state index is -4.30. The third-order valence-electron chi connectivity index (χ3n) is 9.03. The van der Waals surface area contributed by atoms with E-state index in [1.165, 1.54) is 19.2 Å². The summed E-state index contributed by atoms with van der Waals surface area (Å²) in [5.41, 5.74) is 3.31. The number of ketones is 1. The molecule has 3 aliphatic rings. The highest BCUT2D eigenvalue weighted by Gasteiger charge is 2.51. The van der Waals surface area contributed by atoms with Crippen LogP contribution in [0.15, 0.2) is 65.6 Å². The average molecular weight is 624 g/mol. The Bertz CT molecular complexity index is 1880. The predicted octanol–water partition coefficient (Wildman–Crippen LogP) is 4.95. The number of halogens is 3. The van der Waals surface area contributed by atoms with E-state index in [0.29, 0.717) is 30.1 Å². The van der Waals surface area contributed by atoms with Gasteiger partial charge in [-0.1, -0.05) is 11.6 Å². The second-order valence-electron chi connectivity index (χ2n) is 11.7. The fourth-order valence-electron chi connectivity index (χ4n) is 6.44. The number of carbonyl (C=O) groups excluding carboxylic acids is 1. The summed E-state index contributed by atoms with van der Waals surface area (Å²) in [6, 6.07) is 8.99. The molecule has 3 heterocycles. The topological polar surface area (TPSA) is 116 Å². The number of pyridine rings is 1. The van der Waals surface area contributed by atoms with Crippen LogP contribution in [0.25, 0.3) is 11.8 Å². The van der Waals surface area contributed by atoms with Gasteiger partial charge in [-0.2, -0.15) is 23.3 Å². The molecule has 3 aliphatic carbocycles. The number of sulfonamides is 1. The molecule has 2 saturated carbocycles. The predicted molar refractivity (Wildman–Crippen MR) is 152 cm³/mol. The zero-order valence-corrected chi connectivity index (χ0v) is 24.5. The molecule has 4 aromatic rings. The molecule has 0 bridgehead atoms. The lowest BCUT2D eigenvalue weighted by Gasteiger charge is -2.45. The van der Waals surface area contributed by atoms with Crippen molar-refractivity contribution in [2.45, 2.75) is 62.1 Å². The smallest absolute Gasteiger partial charge is 0.291 e. The van der Waals surface area contributed by atoms with Crippen molar-refractivity contribution >= 4 is 21.9 Å². The molecule has 0 saturated heterocycles. The van der Waals surface area contributed by atoms with Crippen molar-refractivity contribution in [2.75, 3.05) is 7.05 Å². The van der Waals surface area contributed by atoms with Gasteiger partial charge in [0.05, 0.1) is 29.2 Å². The molecular formula is C30H28F3N7O3S. The monoisotopic (exact) mass is 623 g/mol. The first-order valence-corrected chi connectivity index (χ1v) is 15.7. The van der Waals surface area contributed by atoms with Crippen molar-refractivity contribution < 1.29 is 26.4 Å². The number of benzene rings is 1. The summed E-state index contributed by atoms with van der Waals surface area (Å²) in [7, 11) is -2.93. The van der Waals surface area contributed by atoms with E-state index in [9.17, 15) is 26.4 Å². The fourth-order valence-corrected chi connectivity index (χ4v) is 7.68. The Morgan fingerprint density at radius 3 is 2.48 bits per heavy atom. The summed E-state index contributed by atoms with van der Waals surface area (Å²) in [6.45, 7) is -3.08. The van der Waals surface area contributed by atoms with E-state index in [1.54, 1.807) is 35.3 Å². The Labute approximate surface area is 251 Å². The van der Waals surface area contributed by atoms with E-state index in [0.717, 1.165) is 45.7 Å². The minimum Gasteiger partial charge on any atom is -0.291 e. The van der Waals surface area contributed by atoms with Gasteiger partial charge in [0.1, 0.15) is 11.5 Å². The summed E-state index contributed by atoms with van der Waals surface area (Å²) in [5, 5.41) is 10.8. The van der Waals surface area contributed by atoms with Crippen molar-refractivity contribution in [1.82, 2.24) is 34.1 Å². The maximum absolute atomic E-state index is 14.5. The second-order valence-corrected chi connectivity index (χ2v) is 13.6. The largest absolute Gasteiger partial charge is 0.348 e. The normalized spacial score (nSPS) is 21.7. The number of Topliss-reactive ketones (excluding diaryl/α,β-unsaturated/α-hetero) is 1. The van der Waals surface area contributed by atoms with Gasteiger partial charge in [-0.05, 0) is 92.0 Å². The van der Waals surface area contributed by atoms with Crippen LogP contribution in [-0.4, -0.2) is 61.4 Å². The zero-order chi connectivity index (χ0) is 30.8. The van der Waals surface area contributed by atoms with Gasteiger partial charge >= 0.3 is 6.55 Å². The molecule has 0 radical (unpaired) electrons. The Hall–Kier alpha value is -4.17. The van der Waals surface area contributed by atoms with Gasteiger partial charge in [-0.15, -0.1) is 9.90 Å². The number of allylic oxidation sites excluding steroid dienone is 1. The molecular weight excluding hydrogens is 595 g/mol. The Morgan fingerprint density at radius 1 is 1.05 bits per heavy atom. The van der Waals surface area contributed by atoms with Crippen molar-refractivity contribution in [2.24, 2.45) is 5.41 Å². The number of carbonyl (C=O) groups is 1. The third kappa shape index (κ3) is 4.76. The van der Waals surface area contributed by atoms with E-state index < -0.39 is 33.1 Å². The van der Waals surface area contributed by atoms with Crippen LogP contribution in [-0.2, 0) is 16.4 Å². The number of rotatable bonds is 8. The Kier molecular flexibility index (Phi) is 6.81. The van der Waals surface area contributed by atoms with Crippen LogP contribution < -0.4 is 0 Å². The van der Waals surface area contributed by atoms with E-state index in [1.807, 2.05) is 12.1 Å². The molecule has 3 aromatic heterocycles. The van der Waals surface area contributed by atoms with Crippen molar-refractivity contribution in [3.63, 3.8) is 0 Å². The van der Waals surface area contributed by atoms with Gasteiger partial charge in [0.2, 0.25) is 5.03 Å². The van der Waals surface area contributed by atoms with Crippen molar-refractivity contribution in [3.05, 3.63) is 88.9 Å². The van der Waals surface area contributed by atoms with Gasteiger partial charge in [0.15, 0.2) is 5.78 Å². The first kappa shape index (κ1) is 28.6. The summed E-state index contributed by atoms with van der Waals surface area (Å²) in [6.07, 6.45) is 9.53. The zero-order valence-electron chi connectivity index (χ0n) is 23.6. The molecule has 10 nitrogen and oxygen atoms in total. The van der Waals surface area contributed by atoms with Gasteiger partial charge in [0.25, 0.3) is 10.0 Å². The number of aromatic nitrogens is 6. The molecule has 0 N–H and O–H groups in total. The molecule has 0 amide bonds. The molecule has 0 spiro atoms. The van der Waals surface area contributed by atoms with Gasteiger partial charge in [0, 0.05) is 19.3 Å². The van der Waals surface area contributed by atoms with E-state index in [-0.39, 0.29) is 29.2 Å². The van der Waals surface area contributed by atoms with Crippen LogP contribution in [0.3, 0.4) is 0 Å². The van der Waals surface area contributed by atoms with Crippen LogP contribution in [0.5, 0.6) is 0 Å².